The highest BCUT2D eigenvalue weighted by molar-refractivity contribution is 6.30. The smallest absolute Gasteiger partial charge is 0.123 e. The second-order valence-corrected chi connectivity index (χ2v) is 4.98. The van der Waals surface area contributed by atoms with Gasteiger partial charge in [-0.05, 0) is 54.4 Å². The molecule has 0 amide bonds. The number of halogens is 2. The maximum Gasteiger partial charge on any atom is 0.123 e. The Balaban J connectivity index is 2.45. The summed E-state index contributed by atoms with van der Waals surface area (Å²) in [5.41, 5.74) is 3.15. The Morgan fingerprint density at radius 3 is 2.63 bits per heavy atom. The van der Waals surface area contributed by atoms with E-state index in [4.69, 9.17) is 11.6 Å². The van der Waals surface area contributed by atoms with Crippen molar-refractivity contribution in [2.24, 2.45) is 0 Å². The zero-order valence-corrected chi connectivity index (χ0v) is 11.8. The van der Waals surface area contributed by atoms with Crippen LogP contribution < -0.4 is 5.32 Å². The SMILES string of the molecule is CCNC(c1cccc(F)c1)c1ccc(Cl)cc1C. The molecule has 0 heterocycles. The maximum absolute atomic E-state index is 13.4. The molecule has 1 nitrogen and oxygen atoms in total. The number of nitrogens with one attached hydrogen (secondary N) is 1. The molecule has 2 aromatic carbocycles. The molecule has 3 heteroatoms. The summed E-state index contributed by atoms with van der Waals surface area (Å²) >= 11 is 5.99. The van der Waals surface area contributed by atoms with Gasteiger partial charge in [0, 0.05) is 5.02 Å². The predicted octanol–water partition coefficient (Wildman–Crippen LogP) is 4.49. The molecule has 0 spiro atoms. The highest BCUT2D eigenvalue weighted by atomic mass is 35.5. The summed E-state index contributed by atoms with van der Waals surface area (Å²) in [4.78, 5) is 0. The van der Waals surface area contributed by atoms with Gasteiger partial charge in [-0.25, -0.2) is 4.39 Å². The molecule has 0 saturated heterocycles. The molecule has 0 fully saturated rings. The van der Waals surface area contributed by atoms with Crippen LogP contribution in [-0.2, 0) is 0 Å². The molecular formula is C16H17ClFN. The Labute approximate surface area is 118 Å². The lowest BCUT2D eigenvalue weighted by Gasteiger charge is -2.21. The van der Waals surface area contributed by atoms with E-state index in [1.165, 1.54) is 6.07 Å². The molecule has 1 unspecified atom stereocenters. The summed E-state index contributed by atoms with van der Waals surface area (Å²) in [6.07, 6.45) is 0. The van der Waals surface area contributed by atoms with Crippen molar-refractivity contribution in [1.29, 1.82) is 0 Å². The Morgan fingerprint density at radius 1 is 1.21 bits per heavy atom. The van der Waals surface area contributed by atoms with Crippen LogP contribution in [0.5, 0.6) is 0 Å². The molecular weight excluding hydrogens is 261 g/mol. The van der Waals surface area contributed by atoms with Crippen molar-refractivity contribution >= 4 is 11.6 Å². The van der Waals surface area contributed by atoms with E-state index in [-0.39, 0.29) is 11.9 Å². The normalized spacial score (nSPS) is 12.4. The maximum atomic E-state index is 13.4. The van der Waals surface area contributed by atoms with Crippen molar-refractivity contribution < 1.29 is 4.39 Å². The third-order valence-electron chi connectivity index (χ3n) is 3.13. The van der Waals surface area contributed by atoms with Gasteiger partial charge in [0.1, 0.15) is 5.82 Å². The van der Waals surface area contributed by atoms with Crippen LogP contribution in [0.3, 0.4) is 0 Å². The molecule has 100 valence electrons. The molecule has 1 atom stereocenters. The lowest BCUT2D eigenvalue weighted by Crippen LogP contribution is -2.22. The highest BCUT2D eigenvalue weighted by Crippen LogP contribution is 2.27. The minimum absolute atomic E-state index is 0.0158. The standard InChI is InChI=1S/C16H17ClFN/c1-3-19-16(12-5-4-6-14(18)10-12)15-8-7-13(17)9-11(15)2/h4-10,16,19H,3H2,1-2H3. The molecule has 2 rings (SSSR count). The van der Waals surface area contributed by atoms with Crippen LogP contribution in [0, 0.1) is 12.7 Å². The molecule has 2 aromatic rings. The van der Waals surface area contributed by atoms with Crippen LogP contribution in [-0.4, -0.2) is 6.54 Å². The Hall–Kier alpha value is -1.38. The van der Waals surface area contributed by atoms with E-state index in [1.54, 1.807) is 12.1 Å². The molecule has 0 aliphatic heterocycles. The molecule has 19 heavy (non-hydrogen) atoms. The number of hydrogen-bond donors (Lipinski definition) is 1. The molecule has 0 aromatic heterocycles. The van der Waals surface area contributed by atoms with E-state index >= 15 is 0 Å². The summed E-state index contributed by atoms with van der Waals surface area (Å²) in [6.45, 7) is 4.87. The average Bonchev–Trinajstić information content (AvgIpc) is 2.37. The summed E-state index contributed by atoms with van der Waals surface area (Å²) in [5, 5.41) is 4.11. The summed E-state index contributed by atoms with van der Waals surface area (Å²) in [6, 6.07) is 12.5. The van der Waals surface area contributed by atoms with Crippen molar-refractivity contribution in [3.63, 3.8) is 0 Å². The monoisotopic (exact) mass is 277 g/mol. The zero-order chi connectivity index (χ0) is 13.8. The van der Waals surface area contributed by atoms with E-state index in [1.807, 2.05) is 38.1 Å². The third-order valence-corrected chi connectivity index (χ3v) is 3.37. The summed E-state index contributed by atoms with van der Waals surface area (Å²) in [5.74, 6) is -0.216. The van der Waals surface area contributed by atoms with Crippen LogP contribution in [0.15, 0.2) is 42.5 Å². The first-order valence-electron chi connectivity index (χ1n) is 6.36. The van der Waals surface area contributed by atoms with Gasteiger partial charge < -0.3 is 5.32 Å². The minimum atomic E-state index is -0.216. The first-order chi connectivity index (χ1) is 9.11. The first kappa shape index (κ1) is 14.0. The Kier molecular flexibility index (Phi) is 4.56. The van der Waals surface area contributed by atoms with Gasteiger partial charge in [-0.1, -0.05) is 36.7 Å². The molecule has 0 aliphatic carbocycles. The van der Waals surface area contributed by atoms with Gasteiger partial charge in [-0.2, -0.15) is 0 Å². The molecule has 0 bridgehead atoms. The van der Waals surface area contributed by atoms with E-state index < -0.39 is 0 Å². The number of aryl methyl sites for hydroxylation is 1. The molecule has 0 aliphatic rings. The van der Waals surface area contributed by atoms with E-state index in [0.29, 0.717) is 0 Å². The Bertz CT molecular complexity index is 568. The number of rotatable bonds is 4. The summed E-state index contributed by atoms with van der Waals surface area (Å²) < 4.78 is 13.4. The number of hydrogen-bond acceptors (Lipinski definition) is 1. The predicted molar refractivity (Wildman–Crippen MR) is 78.1 cm³/mol. The van der Waals surface area contributed by atoms with E-state index in [2.05, 4.69) is 5.32 Å². The fraction of sp³-hybridized carbons (Fsp3) is 0.250. The molecule has 0 radical (unpaired) electrons. The molecule has 0 saturated carbocycles. The zero-order valence-electron chi connectivity index (χ0n) is 11.1. The van der Waals surface area contributed by atoms with Gasteiger partial charge in [-0.15, -0.1) is 0 Å². The Morgan fingerprint density at radius 2 is 2.00 bits per heavy atom. The van der Waals surface area contributed by atoms with E-state index in [0.717, 1.165) is 28.3 Å². The summed E-state index contributed by atoms with van der Waals surface area (Å²) in [7, 11) is 0. The van der Waals surface area contributed by atoms with Crippen LogP contribution in [0.4, 0.5) is 4.39 Å². The fourth-order valence-electron chi connectivity index (χ4n) is 2.26. The van der Waals surface area contributed by atoms with Crippen LogP contribution in [0.25, 0.3) is 0 Å². The van der Waals surface area contributed by atoms with Gasteiger partial charge in [-0.3, -0.25) is 0 Å². The minimum Gasteiger partial charge on any atom is -0.307 e. The first-order valence-corrected chi connectivity index (χ1v) is 6.74. The van der Waals surface area contributed by atoms with Crippen molar-refractivity contribution in [2.45, 2.75) is 19.9 Å². The molecule has 1 N–H and O–H groups in total. The van der Waals surface area contributed by atoms with Crippen LogP contribution in [0.2, 0.25) is 5.02 Å². The largest absolute Gasteiger partial charge is 0.307 e. The fourth-order valence-corrected chi connectivity index (χ4v) is 2.49. The van der Waals surface area contributed by atoms with Crippen molar-refractivity contribution in [3.05, 3.63) is 70.0 Å². The van der Waals surface area contributed by atoms with Gasteiger partial charge in [0.2, 0.25) is 0 Å². The van der Waals surface area contributed by atoms with Gasteiger partial charge in [0.05, 0.1) is 6.04 Å². The number of benzene rings is 2. The average molecular weight is 278 g/mol. The topological polar surface area (TPSA) is 12.0 Å². The van der Waals surface area contributed by atoms with Crippen molar-refractivity contribution in [1.82, 2.24) is 5.32 Å². The van der Waals surface area contributed by atoms with Gasteiger partial charge in [0.25, 0.3) is 0 Å². The second kappa shape index (κ2) is 6.18. The van der Waals surface area contributed by atoms with Gasteiger partial charge >= 0.3 is 0 Å². The lowest BCUT2D eigenvalue weighted by atomic mass is 9.95. The van der Waals surface area contributed by atoms with Gasteiger partial charge in [0.15, 0.2) is 0 Å². The quantitative estimate of drug-likeness (QED) is 0.868. The highest BCUT2D eigenvalue weighted by Gasteiger charge is 2.15. The lowest BCUT2D eigenvalue weighted by molar-refractivity contribution is 0.602. The van der Waals surface area contributed by atoms with Crippen molar-refractivity contribution in [3.8, 4) is 0 Å². The van der Waals surface area contributed by atoms with Crippen LogP contribution in [0.1, 0.15) is 29.7 Å². The van der Waals surface area contributed by atoms with Crippen LogP contribution >= 0.6 is 11.6 Å². The van der Waals surface area contributed by atoms with Crippen molar-refractivity contribution in [2.75, 3.05) is 6.54 Å². The second-order valence-electron chi connectivity index (χ2n) is 4.55. The third kappa shape index (κ3) is 3.34. The van der Waals surface area contributed by atoms with E-state index in [9.17, 15) is 4.39 Å².